The first-order chi connectivity index (χ1) is 10.6. The molecule has 1 atom stereocenters. The van der Waals surface area contributed by atoms with E-state index in [2.05, 4.69) is 15.3 Å². The van der Waals surface area contributed by atoms with Gasteiger partial charge in [0, 0.05) is 12.4 Å². The van der Waals surface area contributed by atoms with Crippen LogP contribution in [0.4, 0.5) is 5.82 Å². The molecule has 1 N–H and O–H groups in total. The first-order valence-electron chi connectivity index (χ1n) is 6.80. The van der Waals surface area contributed by atoms with Crippen molar-refractivity contribution < 1.29 is 9.47 Å². The highest BCUT2D eigenvalue weighted by Crippen LogP contribution is 2.33. The number of nitrogens with zero attached hydrogens (tertiary/aromatic N) is 3. The summed E-state index contributed by atoms with van der Waals surface area (Å²) in [5, 5.41) is 12.3. The Morgan fingerprint density at radius 3 is 2.41 bits per heavy atom. The zero-order chi connectivity index (χ0) is 16.1. The minimum absolute atomic E-state index is 0.0661. The number of nitriles is 1. The lowest BCUT2D eigenvalue weighted by Gasteiger charge is -2.19. The summed E-state index contributed by atoms with van der Waals surface area (Å²) >= 11 is 0. The van der Waals surface area contributed by atoms with Gasteiger partial charge in [-0.25, -0.2) is 9.97 Å². The standard InChI is InChI=1S/C16H18N4O2/c1-10-7-14(21-3)15(22-4)8-12(10)11(2)20-16-13(9-17)18-5-6-19-16/h5-8,11H,1-4H3,(H,19,20). The second-order valence-electron chi connectivity index (χ2n) is 4.80. The smallest absolute Gasteiger partial charge is 0.182 e. The lowest BCUT2D eigenvalue weighted by molar-refractivity contribution is 0.354. The number of methoxy groups -OCH3 is 2. The fourth-order valence-corrected chi connectivity index (χ4v) is 2.27. The molecule has 2 rings (SSSR count). The first kappa shape index (κ1) is 15.6. The van der Waals surface area contributed by atoms with Gasteiger partial charge in [0.1, 0.15) is 6.07 Å². The van der Waals surface area contributed by atoms with E-state index < -0.39 is 0 Å². The zero-order valence-electron chi connectivity index (χ0n) is 13.0. The molecule has 0 bridgehead atoms. The number of benzene rings is 1. The number of ether oxygens (including phenoxy) is 2. The summed E-state index contributed by atoms with van der Waals surface area (Å²) in [5.41, 5.74) is 2.36. The van der Waals surface area contributed by atoms with E-state index in [-0.39, 0.29) is 11.7 Å². The topological polar surface area (TPSA) is 80.1 Å². The first-order valence-corrected chi connectivity index (χ1v) is 6.80. The van der Waals surface area contributed by atoms with E-state index in [1.54, 1.807) is 20.4 Å². The van der Waals surface area contributed by atoms with Crippen molar-refractivity contribution in [2.24, 2.45) is 0 Å². The van der Waals surface area contributed by atoms with Crippen molar-refractivity contribution >= 4 is 5.82 Å². The molecule has 0 saturated heterocycles. The van der Waals surface area contributed by atoms with Crippen LogP contribution in [0.15, 0.2) is 24.5 Å². The number of anilines is 1. The van der Waals surface area contributed by atoms with Crippen LogP contribution < -0.4 is 14.8 Å². The van der Waals surface area contributed by atoms with Gasteiger partial charge >= 0.3 is 0 Å². The predicted octanol–water partition coefficient (Wildman–Crippen LogP) is 2.85. The van der Waals surface area contributed by atoms with Gasteiger partial charge in [0.25, 0.3) is 0 Å². The molecule has 1 unspecified atom stereocenters. The van der Waals surface area contributed by atoms with Crippen LogP contribution >= 0.6 is 0 Å². The number of aromatic nitrogens is 2. The number of aryl methyl sites for hydroxylation is 1. The van der Waals surface area contributed by atoms with Crippen molar-refractivity contribution in [2.75, 3.05) is 19.5 Å². The fraction of sp³-hybridized carbons (Fsp3) is 0.312. The van der Waals surface area contributed by atoms with Crippen LogP contribution in [0.1, 0.15) is 29.8 Å². The van der Waals surface area contributed by atoms with E-state index in [0.717, 1.165) is 11.1 Å². The van der Waals surface area contributed by atoms with Gasteiger partial charge < -0.3 is 14.8 Å². The van der Waals surface area contributed by atoms with E-state index in [1.807, 2.05) is 32.0 Å². The second-order valence-corrected chi connectivity index (χ2v) is 4.80. The normalized spacial score (nSPS) is 11.4. The Bertz CT molecular complexity index is 710. The van der Waals surface area contributed by atoms with Crippen molar-refractivity contribution in [1.29, 1.82) is 5.26 Å². The van der Waals surface area contributed by atoms with Crippen LogP contribution in [0.2, 0.25) is 0 Å². The molecule has 6 nitrogen and oxygen atoms in total. The number of nitrogens with one attached hydrogen (secondary N) is 1. The summed E-state index contributed by atoms with van der Waals surface area (Å²) in [6.45, 7) is 3.99. The van der Waals surface area contributed by atoms with Gasteiger partial charge in [-0.15, -0.1) is 0 Å². The Balaban J connectivity index is 2.34. The van der Waals surface area contributed by atoms with Gasteiger partial charge in [-0.2, -0.15) is 5.26 Å². The van der Waals surface area contributed by atoms with Crippen molar-refractivity contribution in [1.82, 2.24) is 9.97 Å². The molecule has 0 aliphatic carbocycles. The number of hydrogen-bond donors (Lipinski definition) is 1. The number of hydrogen-bond acceptors (Lipinski definition) is 6. The molecule has 0 amide bonds. The Hall–Kier alpha value is -2.81. The van der Waals surface area contributed by atoms with Crippen LogP contribution in [-0.2, 0) is 0 Å². The Labute approximate surface area is 129 Å². The third-order valence-electron chi connectivity index (χ3n) is 3.40. The third-order valence-corrected chi connectivity index (χ3v) is 3.40. The maximum atomic E-state index is 9.08. The van der Waals surface area contributed by atoms with Crippen LogP contribution in [0.25, 0.3) is 0 Å². The highest BCUT2D eigenvalue weighted by molar-refractivity contribution is 5.52. The number of rotatable bonds is 5. The molecule has 0 aliphatic heterocycles. The van der Waals surface area contributed by atoms with E-state index in [9.17, 15) is 0 Å². The van der Waals surface area contributed by atoms with E-state index >= 15 is 0 Å². The monoisotopic (exact) mass is 298 g/mol. The fourth-order valence-electron chi connectivity index (χ4n) is 2.27. The average molecular weight is 298 g/mol. The molecule has 22 heavy (non-hydrogen) atoms. The third kappa shape index (κ3) is 3.09. The average Bonchev–Trinajstić information content (AvgIpc) is 2.54. The molecule has 6 heteroatoms. The van der Waals surface area contributed by atoms with Crippen LogP contribution in [0.5, 0.6) is 11.5 Å². The van der Waals surface area contributed by atoms with Crippen molar-refractivity contribution in [3.63, 3.8) is 0 Å². The quantitative estimate of drug-likeness (QED) is 0.914. The highest BCUT2D eigenvalue weighted by Gasteiger charge is 2.15. The van der Waals surface area contributed by atoms with E-state index in [4.69, 9.17) is 14.7 Å². The molecule has 1 aromatic carbocycles. The van der Waals surface area contributed by atoms with Crippen LogP contribution in [-0.4, -0.2) is 24.2 Å². The van der Waals surface area contributed by atoms with E-state index in [0.29, 0.717) is 17.3 Å². The minimum atomic E-state index is -0.0661. The van der Waals surface area contributed by atoms with Crippen LogP contribution in [0, 0.1) is 18.3 Å². The summed E-state index contributed by atoms with van der Waals surface area (Å²) in [7, 11) is 3.21. The van der Waals surface area contributed by atoms with Crippen LogP contribution in [0.3, 0.4) is 0 Å². The second kappa shape index (κ2) is 6.76. The molecule has 0 saturated carbocycles. The molecule has 114 valence electrons. The van der Waals surface area contributed by atoms with Gasteiger partial charge in [-0.1, -0.05) is 0 Å². The highest BCUT2D eigenvalue weighted by atomic mass is 16.5. The van der Waals surface area contributed by atoms with Gasteiger partial charge in [-0.05, 0) is 37.1 Å². The summed E-state index contributed by atoms with van der Waals surface area (Å²) in [6.07, 6.45) is 3.05. The lowest BCUT2D eigenvalue weighted by Crippen LogP contribution is -2.11. The predicted molar refractivity (Wildman–Crippen MR) is 83.1 cm³/mol. The molecule has 0 fully saturated rings. The Morgan fingerprint density at radius 2 is 1.77 bits per heavy atom. The molecule has 1 aromatic heterocycles. The molecule has 1 heterocycles. The molecular formula is C16H18N4O2. The molecule has 0 radical (unpaired) electrons. The molecule has 2 aromatic rings. The van der Waals surface area contributed by atoms with Gasteiger partial charge in [-0.3, -0.25) is 0 Å². The maximum Gasteiger partial charge on any atom is 0.182 e. The van der Waals surface area contributed by atoms with Gasteiger partial charge in [0.05, 0.1) is 20.3 Å². The zero-order valence-corrected chi connectivity index (χ0v) is 13.0. The molecular weight excluding hydrogens is 280 g/mol. The Morgan fingerprint density at radius 1 is 1.14 bits per heavy atom. The Kier molecular flexibility index (Phi) is 4.79. The molecule has 0 spiro atoms. The minimum Gasteiger partial charge on any atom is -0.493 e. The summed E-state index contributed by atoms with van der Waals surface area (Å²) < 4.78 is 10.6. The summed E-state index contributed by atoms with van der Waals surface area (Å²) in [6, 6.07) is 5.81. The van der Waals surface area contributed by atoms with Crippen molar-refractivity contribution in [2.45, 2.75) is 19.9 Å². The van der Waals surface area contributed by atoms with Gasteiger partial charge in [0.15, 0.2) is 23.0 Å². The van der Waals surface area contributed by atoms with E-state index in [1.165, 1.54) is 6.20 Å². The largest absolute Gasteiger partial charge is 0.493 e. The summed E-state index contributed by atoms with van der Waals surface area (Å²) in [5.74, 6) is 1.82. The van der Waals surface area contributed by atoms with Gasteiger partial charge in [0.2, 0.25) is 0 Å². The van der Waals surface area contributed by atoms with Crippen molar-refractivity contribution in [3.8, 4) is 17.6 Å². The summed E-state index contributed by atoms with van der Waals surface area (Å²) in [4.78, 5) is 8.17. The van der Waals surface area contributed by atoms with Crippen molar-refractivity contribution in [3.05, 3.63) is 41.3 Å². The SMILES string of the molecule is COc1cc(C)c(C(C)Nc2nccnc2C#N)cc1OC. The lowest BCUT2D eigenvalue weighted by atomic mass is 10.0. The molecule has 0 aliphatic rings. The maximum absolute atomic E-state index is 9.08.